The number of fused-ring (bicyclic) bond motifs is 1. The number of ether oxygens (including phenoxy) is 1. The average molecular weight is 406 g/mol. The highest BCUT2D eigenvalue weighted by molar-refractivity contribution is 7.18. The Labute approximate surface area is 168 Å². The summed E-state index contributed by atoms with van der Waals surface area (Å²) in [6.07, 6.45) is 4.79. The van der Waals surface area contributed by atoms with Gasteiger partial charge in [-0.05, 0) is 45.1 Å². The molecule has 1 amide bonds. The van der Waals surface area contributed by atoms with Crippen molar-refractivity contribution in [3.05, 3.63) is 27.1 Å². The molecule has 7 nitrogen and oxygen atoms in total. The zero-order valence-corrected chi connectivity index (χ0v) is 17.6. The number of carbonyl (C=O) groups is 2. The molecule has 0 aliphatic heterocycles. The quantitative estimate of drug-likeness (QED) is 0.773. The summed E-state index contributed by atoms with van der Waals surface area (Å²) in [5.74, 6) is -0.501. The van der Waals surface area contributed by atoms with Gasteiger partial charge >= 0.3 is 5.97 Å². The summed E-state index contributed by atoms with van der Waals surface area (Å²) in [5, 5.41) is 3.52. The van der Waals surface area contributed by atoms with Crippen molar-refractivity contribution in [1.29, 1.82) is 0 Å². The number of amides is 1. The number of hydrogen-bond donors (Lipinski definition) is 1. The first-order chi connectivity index (χ1) is 13.3. The monoisotopic (exact) mass is 405 g/mol. The lowest BCUT2D eigenvalue weighted by atomic mass is 9.86. The second-order valence-electron chi connectivity index (χ2n) is 7.65. The molecule has 1 N–H and O–H groups in total. The molecular formula is C20H27N3O4S. The number of thiophene rings is 1. The fourth-order valence-corrected chi connectivity index (χ4v) is 4.63. The van der Waals surface area contributed by atoms with Crippen LogP contribution in [0.15, 0.2) is 11.1 Å². The van der Waals surface area contributed by atoms with Crippen LogP contribution in [0.5, 0.6) is 0 Å². The number of carbonyl (C=O) groups excluding carboxylic acids is 2. The van der Waals surface area contributed by atoms with Crippen LogP contribution in [-0.2, 0) is 20.9 Å². The summed E-state index contributed by atoms with van der Waals surface area (Å²) < 4.78 is 6.49. The molecule has 8 heteroatoms. The smallest absolute Gasteiger partial charge is 0.326 e. The molecule has 0 radical (unpaired) electrons. The van der Waals surface area contributed by atoms with E-state index in [0.717, 1.165) is 29.7 Å². The van der Waals surface area contributed by atoms with Crippen molar-refractivity contribution in [3.63, 3.8) is 0 Å². The van der Waals surface area contributed by atoms with E-state index in [0.29, 0.717) is 16.1 Å². The van der Waals surface area contributed by atoms with Crippen LogP contribution >= 0.6 is 11.3 Å². The van der Waals surface area contributed by atoms with Gasteiger partial charge in [-0.3, -0.25) is 19.0 Å². The minimum Gasteiger partial charge on any atom is -0.451 e. The molecule has 1 saturated carbocycles. The molecule has 0 bridgehead atoms. The van der Waals surface area contributed by atoms with Gasteiger partial charge in [0, 0.05) is 10.9 Å². The lowest BCUT2D eigenvalue weighted by molar-refractivity contribution is -0.155. The molecule has 0 unspecified atom stereocenters. The highest BCUT2D eigenvalue weighted by atomic mass is 32.1. The Balaban J connectivity index is 1.62. The SMILES string of the molecule is Cc1sc2ncn(CC(=O)O[C@@H](C)C(=O)N[C@@H]3CCCC[C@@H]3C)c(=O)c2c1C. The Morgan fingerprint density at radius 1 is 1.36 bits per heavy atom. The fraction of sp³-hybridized carbons (Fsp3) is 0.600. The molecule has 3 atom stereocenters. The molecule has 0 saturated heterocycles. The van der Waals surface area contributed by atoms with Crippen molar-refractivity contribution in [3.8, 4) is 0 Å². The minimum absolute atomic E-state index is 0.126. The zero-order chi connectivity index (χ0) is 20.4. The third-order valence-electron chi connectivity index (χ3n) is 5.57. The number of nitrogens with one attached hydrogen (secondary N) is 1. The van der Waals surface area contributed by atoms with Gasteiger partial charge in [0.1, 0.15) is 11.4 Å². The van der Waals surface area contributed by atoms with E-state index < -0.39 is 12.1 Å². The number of aromatic nitrogens is 2. The van der Waals surface area contributed by atoms with E-state index in [1.807, 2.05) is 13.8 Å². The van der Waals surface area contributed by atoms with Crippen LogP contribution in [0.1, 0.15) is 50.0 Å². The molecule has 2 aromatic heterocycles. The molecule has 152 valence electrons. The molecule has 28 heavy (non-hydrogen) atoms. The lowest BCUT2D eigenvalue weighted by Crippen LogP contribution is -2.46. The van der Waals surface area contributed by atoms with Gasteiger partial charge in [-0.15, -0.1) is 11.3 Å². The maximum Gasteiger partial charge on any atom is 0.326 e. The first-order valence-electron chi connectivity index (χ1n) is 9.73. The predicted molar refractivity (Wildman–Crippen MR) is 108 cm³/mol. The van der Waals surface area contributed by atoms with Gasteiger partial charge in [-0.1, -0.05) is 19.8 Å². The van der Waals surface area contributed by atoms with Crippen molar-refractivity contribution >= 4 is 33.4 Å². The Morgan fingerprint density at radius 3 is 2.79 bits per heavy atom. The summed E-state index contributed by atoms with van der Waals surface area (Å²) in [7, 11) is 0. The first-order valence-corrected chi connectivity index (χ1v) is 10.5. The van der Waals surface area contributed by atoms with Crippen LogP contribution in [0.2, 0.25) is 0 Å². The van der Waals surface area contributed by atoms with E-state index in [9.17, 15) is 14.4 Å². The summed E-state index contributed by atoms with van der Waals surface area (Å²) in [5.41, 5.74) is 0.617. The number of hydrogen-bond acceptors (Lipinski definition) is 6. The third-order valence-corrected chi connectivity index (χ3v) is 6.69. The first kappa shape index (κ1) is 20.5. The van der Waals surface area contributed by atoms with Crippen LogP contribution in [0.3, 0.4) is 0 Å². The molecule has 3 rings (SSSR count). The van der Waals surface area contributed by atoms with Crippen LogP contribution in [-0.4, -0.2) is 33.6 Å². The van der Waals surface area contributed by atoms with E-state index >= 15 is 0 Å². The third kappa shape index (κ3) is 4.27. The predicted octanol–water partition coefficient (Wildman–Crippen LogP) is 2.70. The zero-order valence-electron chi connectivity index (χ0n) is 16.8. The Hall–Kier alpha value is -2.22. The highest BCUT2D eigenvalue weighted by Crippen LogP contribution is 2.25. The van der Waals surface area contributed by atoms with Crippen molar-refractivity contribution in [2.75, 3.05) is 0 Å². The molecule has 1 aliphatic rings. The molecule has 1 fully saturated rings. The van der Waals surface area contributed by atoms with Crippen molar-refractivity contribution < 1.29 is 14.3 Å². The van der Waals surface area contributed by atoms with Crippen molar-refractivity contribution in [2.45, 2.75) is 72.1 Å². The normalized spacial score (nSPS) is 20.7. The van der Waals surface area contributed by atoms with E-state index in [1.54, 1.807) is 6.92 Å². The molecule has 2 heterocycles. The van der Waals surface area contributed by atoms with Crippen molar-refractivity contribution in [1.82, 2.24) is 14.9 Å². The maximum absolute atomic E-state index is 12.7. The Morgan fingerprint density at radius 2 is 2.07 bits per heavy atom. The van der Waals surface area contributed by atoms with Crippen LogP contribution in [0.4, 0.5) is 0 Å². The Bertz CT molecular complexity index is 949. The number of nitrogens with zero attached hydrogens (tertiary/aromatic N) is 2. The molecule has 1 aliphatic carbocycles. The Kier molecular flexibility index (Phi) is 6.17. The maximum atomic E-state index is 12.7. The van der Waals surface area contributed by atoms with Crippen LogP contribution in [0.25, 0.3) is 10.2 Å². The van der Waals surface area contributed by atoms with Gasteiger partial charge in [-0.25, -0.2) is 4.98 Å². The van der Waals surface area contributed by atoms with Gasteiger partial charge < -0.3 is 10.1 Å². The number of rotatable bonds is 5. The van der Waals surface area contributed by atoms with Gasteiger partial charge in [0.2, 0.25) is 0 Å². The number of esters is 1. The minimum atomic E-state index is -0.904. The van der Waals surface area contributed by atoms with E-state index in [4.69, 9.17) is 4.74 Å². The molecule has 0 spiro atoms. The molecule has 0 aromatic carbocycles. The van der Waals surface area contributed by atoms with Gasteiger partial charge in [0.05, 0.1) is 11.7 Å². The second kappa shape index (κ2) is 8.43. The van der Waals surface area contributed by atoms with E-state index in [-0.39, 0.29) is 24.1 Å². The summed E-state index contributed by atoms with van der Waals surface area (Å²) >= 11 is 1.46. The molecular weight excluding hydrogens is 378 g/mol. The van der Waals surface area contributed by atoms with Gasteiger partial charge in [0.25, 0.3) is 11.5 Å². The lowest BCUT2D eigenvalue weighted by Gasteiger charge is -2.30. The summed E-state index contributed by atoms with van der Waals surface area (Å²) in [6.45, 7) is 7.22. The topological polar surface area (TPSA) is 90.3 Å². The average Bonchev–Trinajstić information content (AvgIpc) is 2.94. The second-order valence-corrected chi connectivity index (χ2v) is 8.85. The van der Waals surface area contributed by atoms with Gasteiger partial charge in [-0.2, -0.15) is 0 Å². The summed E-state index contributed by atoms with van der Waals surface area (Å²) in [6, 6.07) is 0.126. The van der Waals surface area contributed by atoms with Crippen LogP contribution in [0, 0.1) is 19.8 Å². The largest absolute Gasteiger partial charge is 0.451 e. The van der Waals surface area contributed by atoms with Crippen LogP contribution < -0.4 is 10.9 Å². The highest BCUT2D eigenvalue weighted by Gasteiger charge is 2.26. The van der Waals surface area contributed by atoms with Gasteiger partial charge in [0.15, 0.2) is 6.10 Å². The fourth-order valence-electron chi connectivity index (χ4n) is 3.64. The summed E-state index contributed by atoms with van der Waals surface area (Å²) in [4.78, 5) is 43.3. The standard InChI is InChI=1S/C20H27N3O4S/c1-11-7-5-6-8-15(11)22-18(25)13(3)27-16(24)9-23-10-21-19-17(20(23)26)12(2)14(4)28-19/h10-11,13,15H,5-9H2,1-4H3,(H,22,25)/t11-,13-,15+/m0/s1. The van der Waals surface area contributed by atoms with E-state index in [2.05, 4.69) is 17.2 Å². The molecule has 2 aromatic rings. The van der Waals surface area contributed by atoms with Crippen molar-refractivity contribution in [2.24, 2.45) is 5.92 Å². The van der Waals surface area contributed by atoms with E-state index in [1.165, 1.54) is 28.7 Å². The number of aryl methyl sites for hydroxylation is 2.